The summed E-state index contributed by atoms with van der Waals surface area (Å²) in [6.07, 6.45) is 0. The second-order valence-corrected chi connectivity index (χ2v) is 6.72. The van der Waals surface area contributed by atoms with Gasteiger partial charge in [0.05, 0.1) is 12.8 Å². The van der Waals surface area contributed by atoms with E-state index in [1.165, 1.54) is 18.2 Å². The zero-order chi connectivity index (χ0) is 20.3. The molecule has 3 aromatic rings. The zero-order valence-corrected chi connectivity index (χ0v) is 15.8. The van der Waals surface area contributed by atoms with Crippen LogP contribution in [-0.2, 0) is 10.3 Å². The van der Waals surface area contributed by atoms with Gasteiger partial charge in [-0.05, 0) is 68.4 Å². The van der Waals surface area contributed by atoms with Gasteiger partial charge in [0.1, 0.15) is 17.1 Å². The molecule has 28 heavy (non-hydrogen) atoms. The number of nitrogens with zero attached hydrogens (tertiary/aromatic N) is 2. The number of carbonyl (C=O) groups excluding carboxylic acids is 1. The number of hydrogen-bond donors (Lipinski definition) is 1. The van der Waals surface area contributed by atoms with E-state index < -0.39 is 17.0 Å². The van der Waals surface area contributed by atoms with Gasteiger partial charge in [-0.2, -0.15) is 5.10 Å². The van der Waals surface area contributed by atoms with E-state index in [0.717, 1.165) is 4.68 Å². The fourth-order valence-electron chi connectivity index (χ4n) is 2.64. The smallest absolute Gasteiger partial charge is 0.267 e. The van der Waals surface area contributed by atoms with Crippen LogP contribution in [-0.4, -0.2) is 22.8 Å². The Hall–Kier alpha value is -3.48. The van der Waals surface area contributed by atoms with E-state index in [9.17, 15) is 14.0 Å². The van der Waals surface area contributed by atoms with Crippen LogP contribution in [0.5, 0.6) is 5.75 Å². The summed E-state index contributed by atoms with van der Waals surface area (Å²) in [7, 11) is 1.56. The molecule has 0 saturated heterocycles. The molecule has 0 radical (unpaired) electrons. The monoisotopic (exact) mass is 381 g/mol. The molecular formula is C21H20FN3O3. The lowest BCUT2D eigenvalue weighted by molar-refractivity contribution is -0.123. The van der Waals surface area contributed by atoms with Crippen molar-refractivity contribution in [3.8, 4) is 17.0 Å². The Morgan fingerprint density at radius 2 is 1.68 bits per heavy atom. The highest BCUT2D eigenvalue weighted by Gasteiger charge is 2.32. The van der Waals surface area contributed by atoms with Gasteiger partial charge >= 0.3 is 0 Å². The van der Waals surface area contributed by atoms with Crippen LogP contribution in [0.4, 0.5) is 10.1 Å². The Morgan fingerprint density at radius 1 is 1.04 bits per heavy atom. The SMILES string of the molecule is COc1ccc(NC(=O)C(C)(C)n2nc(-c3ccc(F)cc3)ccc2=O)cc1. The van der Waals surface area contributed by atoms with Crippen LogP contribution < -0.4 is 15.6 Å². The van der Waals surface area contributed by atoms with Gasteiger partial charge < -0.3 is 10.1 Å². The Morgan fingerprint density at radius 3 is 2.29 bits per heavy atom. The van der Waals surface area contributed by atoms with Crippen LogP contribution in [0, 0.1) is 5.82 Å². The Kier molecular flexibility index (Phi) is 5.26. The molecule has 2 aromatic carbocycles. The number of nitrogens with one attached hydrogen (secondary N) is 1. The fraction of sp³-hybridized carbons (Fsp3) is 0.190. The average molecular weight is 381 g/mol. The second kappa shape index (κ2) is 7.64. The lowest BCUT2D eigenvalue weighted by Crippen LogP contribution is -2.47. The lowest BCUT2D eigenvalue weighted by atomic mass is 10.0. The minimum absolute atomic E-state index is 0.365. The van der Waals surface area contributed by atoms with Crippen molar-refractivity contribution in [1.82, 2.24) is 9.78 Å². The van der Waals surface area contributed by atoms with Crippen molar-refractivity contribution in [3.05, 3.63) is 76.8 Å². The van der Waals surface area contributed by atoms with E-state index in [1.54, 1.807) is 63.4 Å². The van der Waals surface area contributed by atoms with Crippen molar-refractivity contribution < 1.29 is 13.9 Å². The molecule has 0 aliphatic carbocycles. The fourth-order valence-corrected chi connectivity index (χ4v) is 2.64. The molecule has 7 heteroatoms. The molecule has 144 valence electrons. The van der Waals surface area contributed by atoms with Gasteiger partial charge in [-0.1, -0.05) is 0 Å². The minimum Gasteiger partial charge on any atom is -0.497 e. The van der Waals surface area contributed by atoms with Crippen LogP contribution in [0.2, 0.25) is 0 Å². The van der Waals surface area contributed by atoms with Crippen molar-refractivity contribution >= 4 is 11.6 Å². The number of carbonyl (C=O) groups is 1. The van der Waals surface area contributed by atoms with E-state index in [1.807, 2.05) is 0 Å². The summed E-state index contributed by atoms with van der Waals surface area (Å²) in [5, 5.41) is 7.12. The molecule has 0 unspecified atom stereocenters. The molecule has 1 amide bonds. The Bertz CT molecular complexity index is 1040. The first-order valence-electron chi connectivity index (χ1n) is 8.63. The van der Waals surface area contributed by atoms with Gasteiger partial charge in [-0.15, -0.1) is 0 Å². The van der Waals surface area contributed by atoms with Gasteiger partial charge in [0.25, 0.3) is 11.5 Å². The van der Waals surface area contributed by atoms with Gasteiger partial charge in [-0.25, -0.2) is 9.07 Å². The maximum Gasteiger partial charge on any atom is 0.267 e. The number of amides is 1. The average Bonchev–Trinajstić information content (AvgIpc) is 2.69. The first-order chi connectivity index (χ1) is 13.3. The zero-order valence-electron chi connectivity index (χ0n) is 15.8. The van der Waals surface area contributed by atoms with Crippen LogP contribution in [0.15, 0.2) is 65.5 Å². The molecule has 0 saturated carbocycles. The molecular weight excluding hydrogens is 361 g/mol. The van der Waals surface area contributed by atoms with Gasteiger partial charge in [-0.3, -0.25) is 9.59 Å². The predicted molar refractivity (Wildman–Crippen MR) is 105 cm³/mol. The van der Waals surface area contributed by atoms with Gasteiger partial charge in [0.2, 0.25) is 0 Å². The molecule has 0 spiro atoms. The van der Waals surface area contributed by atoms with Gasteiger partial charge in [0.15, 0.2) is 0 Å². The summed E-state index contributed by atoms with van der Waals surface area (Å²) >= 11 is 0. The Balaban J connectivity index is 1.91. The minimum atomic E-state index is -1.26. The highest BCUT2D eigenvalue weighted by atomic mass is 19.1. The third-order valence-electron chi connectivity index (χ3n) is 4.37. The number of aromatic nitrogens is 2. The number of benzene rings is 2. The van der Waals surface area contributed by atoms with E-state index in [-0.39, 0.29) is 5.82 Å². The Labute approximate surface area is 161 Å². The quantitative estimate of drug-likeness (QED) is 0.735. The highest BCUT2D eigenvalue weighted by Crippen LogP contribution is 2.21. The first kappa shape index (κ1) is 19.3. The molecule has 1 heterocycles. The summed E-state index contributed by atoms with van der Waals surface area (Å²) in [5.41, 5.74) is 0.00125. The van der Waals surface area contributed by atoms with Crippen molar-refractivity contribution in [3.63, 3.8) is 0 Å². The summed E-state index contributed by atoms with van der Waals surface area (Å²) in [6, 6.07) is 15.5. The van der Waals surface area contributed by atoms with Crippen LogP contribution in [0.1, 0.15) is 13.8 Å². The van der Waals surface area contributed by atoms with Crippen LogP contribution in [0.25, 0.3) is 11.3 Å². The van der Waals surface area contributed by atoms with Crippen molar-refractivity contribution in [2.45, 2.75) is 19.4 Å². The number of methoxy groups -OCH3 is 1. The standard InChI is InChI=1S/C21H20FN3O3/c1-21(2,20(27)23-16-8-10-17(28-3)11-9-16)25-19(26)13-12-18(24-25)14-4-6-15(22)7-5-14/h4-13H,1-3H3,(H,23,27). The summed E-state index contributed by atoms with van der Waals surface area (Å²) in [6.45, 7) is 3.21. The normalized spacial score (nSPS) is 11.1. The molecule has 0 aliphatic rings. The summed E-state index contributed by atoms with van der Waals surface area (Å²) in [5.74, 6) is -0.0954. The largest absolute Gasteiger partial charge is 0.497 e. The maximum atomic E-state index is 13.2. The summed E-state index contributed by atoms with van der Waals surface area (Å²) < 4.78 is 19.4. The van der Waals surface area contributed by atoms with Crippen molar-refractivity contribution in [2.24, 2.45) is 0 Å². The predicted octanol–water partition coefficient (Wildman–Crippen LogP) is 3.43. The van der Waals surface area contributed by atoms with Gasteiger partial charge in [0, 0.05) is 17.3 Å². The molecule has 6 nitrogen and oxygen atoms in total. The molecule has 0 atom stereocenters. The second-order valence-electron chi connectivity index (χ2n) is 6.72. The topological polar surface area (TPSA) is 73.2 Å². The molecule has 1 aromatic heterocycles. The first-order valence-corrected chi connectivity index (χ1v) is 8.63. The number of anilines is 1. The third kappa shape index (κ3) is 3.93. The molecule has 0 bridgehead atoms. The molecule has 0 aliphatic heterocycles. The molecule has 0 fully saturated rings. The summed E-state index contributed by atoms with van der Waals surface area (Å²) in [4.78, 5) is 25.2. The number of rotatable bonds is 5. The van der Waals surface area contributed by atoms with Crippen molar-refractivity contribution in [1.29, 1.82) is 0 Å². The lowest BCUT2D eigenvalue weighted by Gasteiger charge is -2.25. The van der Waals surface area contributed by atoms with Crippen LogP contribution in [0.3, 0.4) is 0 Å². The molecule has 1 N–H and O–H groups in total. The molecule has 3 rings (SSSR count). The van der Waals surface area contributed by atoms with E-state index in [0.29, 0.717) is 22.7 Å². The highest BCUT2D eigenvalue weighted by molar-refractivity contribution is 5.96. The number of hydrogen-bond acceptors (Lipinski definition) is 4. The third-order valence-corrected chi connectivity index (χ3v) is 4.37. The van der Waals surface area contributed by atoms with E-state index >= 15 is 0 Å². The van der Waals surface area contributed by atoms with Crippen molar-refractivity contribution in [2.75, 3.05) is 12.4 Å². The van der Waals surface area contributed by atoms with Crippen LogP contribution >= 0.6 is 0 Å². The van der Waals surface area contributed by atoms with E-state index in [4.69, 9.17) is 4.74 Å². The number of ether oxygens (including phenoxy) is 1. The van der Waals surface area contributed by atoms with E-state index in [2.05, 4.69) is 10.4 Å². The maximum absolute atomic E-state index is 13.2. The number of halogens is 1.